The molecule has 7 heteroatoms. The fraction of sp³-hybridized carbons (Fsp3) is 0.222. The molecule has 0 bridgehead atoms. The SMILES string of the molecule is COc1ccc(C(=O)c2c(C)[nH]c3c(OC)c(OC)c(OC)cc23)cc1OCc1ccccc1. The molecule has 0 radical (unpaired) electrons. The number of ether oxygens (including phenoxy) is 5. The first kappa shape index (κ1) is 23.0. The minimum Gasteiger partial charge on any atom is -0.493 e. The van der Waals surface area contributed by atoms with Gasteiger partial charge in [-0.1, -0.05) is 30.3 Å². The van der Waals surface area contributed by atoms with Gasteiger partial charge in [0.1, 0.15) is 6.61 Å². The number of nitrogens with one attached hydrogen (secondary N) is 1. The molecule has 4 rings (SSSR count). The Morgan fingerprint density at radius 3 is 2.15 bits per heavy atom. The summed E-state index contributed by atoms with van der Waals surface area (Å²) < 4.78 is 28.0. The Kier molecular flexibility index (Phi) is 6.63. The number of fused-ring (bicyclic) bond motifs is 1. The van der Waals surface area contributed by atoms with Crippen molar-refractivity contribution in [2.45, 2.75) is 13.5 Å². The third kappa shape index (κ3) is 4.12. The standard InChI is InChI=1S/C27H27NO6/c1-16-23(19-14-22(31-3)26(32-4)27(33-5)24(19)28-16)25(29)18-11-12-20(30-2)21(13-18)34-15-17-9-7-6-8-10-17/h6-14,28H,15H2,1-5H3. The van der Waals surface area contributed by atoms with Crippen LogP contribution in [0.15, 0.2) is 54.6 Å². The minimum atomic E-state index is -0.162. The topological polar surface area (TPSA) is 79.0 Å². The number of hydrogen-bond acceptors (Lipinski definition) is 6. The third-order valence-electron chi connectivity index (χ3n) is 5.68. The predicted octanol–water partition coefficient (Wildman–Crippen LogP) is 5.32. The lowest BCUT2D eigenvalue weighted by Gasteiger charge is -2.14. The van der Waals surface area contributed by atoms with Crippen LogP contribution in [0.25, 0.3) is 10.9 Å². The fourth-order valence-electron chi connectivity index (χ4n) is 4.03. The molecule has 0 saturated carbocycles. The Morgan fingerprint density at radius 2 is 1.50 bits per heavy atom. The van der Waals surface area contributed by atoms with E-state index in [4.69, 9.17) is 23.7 Å². The van der Waals surface area contributed by atoms with Gasteiger partial charge in [-0.05, 0) is 36.8 Å². The highest BCUT2D eigenvalue weighted by atomic mass is 16.5. The lowest BCUT2D eigenvalue weighted by Crippen LogP contribution is -2.05. The molecule has 4 aromatic rings. The van der Waals surface area contributed by atoms with E-state index in [2.05, 4.69) is 4.98 Å². The van der Waals surface area contributed by atoms with Crippen LogP contribution >= 0.6 is 0 Å². The van der Waals surface area contributed by atoms with E-state index < -0.39 is 0 Å². The molecular formula is C27H27NO6. The molecule has 0 fully saturated rings. The second-order valence-electron chi connectivity index (χ2n) is 7.66. The zero-order valence-corrected chi connectivity index (χ0v) is 19.9. The van der Waals surface area contributed by atoms with E-state index in [0.717, 1.165) is 5.56 Å². The number of benzene rings is 3. The zero-order chi connectivity index (χ0) is 24.2. The summed E-state index contributed by atoms with van der Waals surface area (Å²) in [5.74, 6) is 2.29. The minimum absolute atomic E-state index is 0.162. The van der Waals surface area contributed by atoms with Crippen LogP contribution in [0, 0.1) is 6.92 Å². The molecule has 0 aliphatic heterocycles. The number of carbonyl (C=O) groups is 1. The normalized spacial score (nSPS) is 10.7. The summed E-state index contributed by atoms with van der Waals surface area (Å²) >= 11 is 0. The Labute approximate surface area is 198 Å². The second-order valence-corrected chi connectivity index (χ2v) is 7.66. The number of carbonyl (C=O) groups excluding carboxylic acids is 1. The van der Waals surface area contributed by atoms with Gasteiger partial charge in [0.05, 0.1) is 39.5 Å². The molecule has 176 valence electrons. The summed E-state index contributed by atoms with van der Waals surface area (Å²) in [5, 5.41) is 0.680. The molecule has 34 heavy (non-hydrogen) atoms. The Bertz CT molecular complexity index is 1330. The molecular weight excluding hydrogens is 434 g/mol. The van der Waals surface area contributed by atoms with E-state index in [1.54, 1.807) is 52.7 Å². The molecule has 0 amide bonds. The molecule has 0 aliphatic carbocycles. The molecule has 1 N–H and O–H groups in total. The van der Waals surface area contributed by atoms with Crippen LogP contribution in [-0.2, 0) is 6.61 Å². The van der Waals surface area contributed by atoms with Crippen LogP contribution in [0.2, 0.25) is 0 Å². The highest BCUT2D eigenvalue weighted by molar-refractivity contribution is 6.18. The van der Waals surface area contributed by atoms with Gasteiger partial charge >= 0.3 is 0 Å². The van der Waals surface area contributed by atoms with Crippen molar-refractivity contribution in [1.29, 1.82) is 0 Å². The third-order valence-corrected chi connectivity index (χ3v) is 5.68. The predicted molar refractivity (Wildman–Crippen MR) is 130 cm³/mol. The Balaban J connectivity index is 1.76. The second kappa shape index (κ2) is 9.79. The summed E-state index contributed by atoms with van der Waals surface area (Å²) in [5.41, 5.74) is 3.38. The molecule has 0 aliphatic rings. The number of aryl methyl sites for hydroxylation is 1. The summed E-state index contributed by atoms with van der Waals surface area (Å²) in [4.78, 5) is 17.0. The highest BCUT2D eigenvalue weighted by Crippen LogP contribution is 2.45. The number of rotatable bonds is 9. The van der Waals surface area contributed by atoms with Gasteiger partial charge in [0.2, 0.25) is 5.75 Å². The first-order valence-corrected chi connectivity index (χ1v) is 10.7. The molecule has 7 nitrogen and oxygen atoms in total. The van der Waals surface area contributed by atoms with Crippen molar-refractivity contribution >= 4 is 16.7 Å². The molecule has 3 aromatic carbocycles. The van der Waals surface area contributed by atoms with Crippen LogP contribution in [0.1, 0.15) is 27.2 Å². The zero-order valence-electron chi connectivity index (χ0n) is 19.9. The number of aromatic amines is 1. The van der Waals surface area contributed by atoms with E-state index in [-0.39, 0.29) is 5.78 Å². The summed E-state index contributed by atoms with van der Waals surface area (Å²) in [6.07, 6.45) is 0. The van der Waals surface area contributed by atoms with E-state index >= 15 is 0 Å². The van der Waals surface area contributed by atoms with Crippen molar-refractivity contribution < 1.29 is 28.5 Å². The largest absolute Gasteiger partial charge is 0.493 e. The number of ketones is 1. The van der Waals surface area contributed by atoms with Gasteiger partial charge in [-0.2, -0.15) is 0 Å². The molecule has 0 unspecified atom stereocenters. The van der Waals surface area contributed by atoms with Crippen molar-refractivity contribution in [3.05, 3.63) is 77.0 Å². The van der Waals surface area contributed by atoms with Crippen LogP contribution < -0.4 is 23.7 Å². The molecule has 0 spiro atoms. The summed E-state index contributed by atoms with van der Waals surface area (Å²) in [6.45, 7) is 2.21. The quantitative estimate of drug-likeness (QED) is 0.340. The number of H-pyrrole nitrogens is 1. The maximum atomic E-state index is 13.7. The molecule has 1 aromatic heterocycles. The van der Waals surface area contributed by atoms with Crippen molar-refractivity contribution in [3.8, 4) is 28.7 Å². The monoisotopic (exact) mass is 461 g/mol. The molecule has 0 atom stereocenters. The molecule has 1 heterocycles. The van der Waals surface area contributed by atoms with Gasteiger partial charge in [-0.25, -0.2) is 0 Å². The average molecular weight is 462 g/mol. The number of aromatic nitrogens is 1. The van der Waals surface area contributed by atoms with Gasteiger partial charge in [-0.3, -0.25) is 4.79 Å². The van der Waals surface area contributed by atoms with Crippen molar-refractivity contribution in [2.24, 2.45) is 0 Å². The first-order valence-electron chi connectivity index (χ1n) is 10.7. The van der Waals surface area contributed by atoms with Crippen molar-refractivity contribution in [3.63, 3.8) is 0 Å². The van der Waals surface area contributed by atoms with Gasteiger partial charge in [-0.15, -0.1) is 0 Å². The maximum Gasteiger partial charge on any atom is 0.205 e. The van der Waals surface area contributed by atoms with E-state index in [9.17, 15) is 4.79 Å². The first-order chi connectivity index (χ1) is 16.5. The lowest BCUT2D eigenvalue weighted by molar-refractivity contribution is 0.103. The van der Waals surface area contributed by atoms with Gasteiger partial charge in [0.15, 0.2) is 28.8 Å². The van der Waals surface area contributed by atoms with Crippen LogP contribution in [-0.4, -0.2) is 39.2 Å². The maximum absolute atomic E-state index is 13.7. The van der Waals surface area contributed by atoms with Crippen LogP contribution in [0.3, 0.4) is 0 Å². The van der Waals surface area contributed by atoms with Crippen molar-refractivity contribution in [1.82, 2.24) is 4.98 Å². The van der Waals surface area contributed by atoms with E-state index in [1.807, 2.05) is 37.3 Å². The van der Waals surface area contributed by atoms with Gasteiger partial charge in [0.25, 0.3) is 0 Å². The average Bonchev–Trinajstić information content (AvgIpc) is 3.21. The van der Waals surface area contributed by atoms with Crippen molar-refractivity contribution in [2.75, 3.05) is 28.4 Å². The van der Waals surface area contributed by atoms with Crippen LogP contribution in [0.4, 0.5) is 0 Å². The van der Waals surface area contributed by atoms with E-state index in [0.29, 0.717) is 63.1 Å². The summed E-state index contributed by atoms with van der Waals surface area (Å²) in [6, 6.07) is 16.8. The Hall–Kier alpha value is -4.13. The Morgan fingerprint density at radius 1 is 0.794 bits per heavy atom. The smallest absolute Gasteiger partial charge is 0.205 e. The highest BCUT2D eigenvalue weighted by Gasteiger charge is 2.25. The number of hydrogen-bond donors (Lipinski definition) is 1. The van der Waals surface area contributed by atoms with E-state index in [1.165, 1.54) is 0 Å². The summed E-state index contributed by atoms with van der Waals surface area (Å²) in [7, 11) is 6.21. The number of methoxy groups -OCH3 is 4. The lowest BCUT2D eigenvalue weighted by atomic mass is 9.99. The van der Waals surface area contributed by atoms with Crippen LogP contribution in [0.5, 0.6) is 28.7 Å². The molecule has 0 saturated heterocycles. The van der Waals surface area contributed by atoms with Gasteiger partial charge < -0.3 is 28.7 Å². The fourth-order valence-corrected chi connectivity index (χ4v) is 4.03. The van der Waals surface area contributed by atoms with Gasteiger partial charge in [0, 0.05) is 16.6 Å².